The standard InChI is InChI=1S/C18H15F2N3O2/c19-12-2-1-3-13(20)16(12)17-9(6-21-22-17)18(24)23-7-10-11(8-23)15-5-4-14(10)25-15/h1-6,10-11,14-15H,7-8H2,(H,21,22). The molecular weight excluding hydrogens is 328 g/mol. The molecule has 2 saturated heterocycles. The van der Waals surface area contributed by atoms with E-state index in [0.29, 0.717) is 24.9 Å². The van der Waals surface area contributed by atoms with Crippen LogP contribution in [0.2, 0.25) is 0 Å². The number of fused-ring (bicyclic) bond motifs is 5. The fraction of sp³-hybridized carbons (Fsp3) is 0.333. The Labute approximate surface area is 142 Å². The Kier molecular flexibility index (Phi) is 3.09. The second kappa shape index (κ2) is 5.23. The maximum Gasteiger partial charge on any atom is 0.257 e. The molecule has 4 atom stereocenters. The third-order valence-corrected chi connectivity index (χ3v) is 5.43. The first kappa shape index (κ1) is 14.8. The number of rotatable bonds is 2. The summed E-state index contributed by atoms with van der Waals surface area (Å²) in [5.74, 6) is -1.14. The van der Waals surface area contributed by atoms with Crippen molar-refractivity contribution >= 4 is 5.91 Å². The van der Waals surface area contributed by atoms with Gasteiger partial charge < -0.3 is 9.64 Å². The van der Waals surface area contributed by atoms with Crippen LogP contribution in [0.3, 0.4) is 0 Å². The third-order valence-electron chi connectivity index (χ3n) is 5.43. The normalized spacial score (nSPS) is 29.4. The van der Waals surface area contributed by atoms with Crippen molar-refractivity contribution in [1.82, 2.24) is 15.1 Å². The molecule has 1 N–H and O–H groups in total. The van der Waals surface area contributed by atoms with Crippen LogP contribution in [0, 0.1) is 23.5 Å². The summed E-state index contributed by atoms with van der Waals surface area (Å²) in [7, 11) is 0. The zero-order valence-corrected chi connectivity index (χ0v) is 13.2. The first-order valence-electron chi connectivity index (χ1n) is 8.24. The number of carbonyl (C=O) groups excluding carboxylic acids is 1. The second-order valence-corrected chi connectivity index (χ2v) is 6.74. The van der Waals surface area contributed by atoms with Crippen LogP contribution >= 0.6 is 0 Å². The van der Waals surface area contributed by atoms with Crippen molar-refractivity contribution in [2.45, 2.75) is 12.2 Å². The molecule has 1 amide bonds. The van der Waals surface area contributed by atoms with E-state index in [0.717, 1.165) is 12.1 Å². The number of benzene rings is 1. The molecule has 0 saturated carbocycles. The third kappa shape index (κ3) is 2.08. The fourth-order valence-corrected chi connectivity index (χ4v) is 4.24. The molecule has 5 nitrogen and oxygen atoms in total. The minimum atomic E-state index is -0.729. The summed E-state index contributed by atoms with van der Waals surface area (Å²) in [5.41, 5.74) is 0.00742. The van der Waals surface area contributed by atoms with Gasteiger partial charge in [-0.1, -0.05) is 18.2 Å². The molecule has 2 aromatic rings. The predicted molar refractivity (Wildman–Crippen MR) is 84.6 cm³/mol. The first-order valence-corrected chi connectivity index (χ1v) is 8.24. The largest absolute Gasteiger partial charge is 0.366 e. The molecular formula is C18H15F2N3O2. The van der Waals surface area contributed by atoms with Gasteiger partial charge in [0.15, 0.2) is 0 Å². The number of aromatic nitrogens is 2. The molecule has 4 unspecified atom stereocenters. The Bertz CT molecular complexity index is 854. The van der Waals surface area contributed by atoms with E-state index < -0.39 is 11.6 Å². The number of halogens is 2. The van der Waals surface area contributed by atoms with Crippen LogP contribution in [0.4, 0.5) is 8.78 Å². The lowest BCUT2D eigenvalue weighted by molar-refractivity contribution is 0.0656. The smallest absolute Gasteiger partial charge is 0.257 e. The minimum absolute atomic E-state index is 0.0700. The van der Waals surface area contributed by atoms with Gasteiger partial charge in [-0.05, 0) is 12.1 Å². The summed E-state index contributed by atoms with van der Waals surface area (Å²) in [6, 6.07) is 3.61. The molecule has 25 heavy (non-hydrogen) atoms. The zero-order valence-electron chi connectivity index (χ0n) is 13.2. The molecule has 1 aromatic carbocycles. The number of nitrogens with zero attached hydrogens (tertiary/aromatic N) is 2. The maximum absolute atomic E-state index is 14.1. The minimum Gasteiger partial charge on any atom is -0.366 e. The van der Waals surface area contributed by atoms with Crippen LogP contribution in [-0.4, -0.2) is 46.3 Å². The van der Waals surface area contributed by atoms with Crippen molar-refractivity contribution in [3.8, 4) is 11.3 Å². The van der Waals surface area contributed by atoms with Crippen LogP contribution in [-0.2, 0) is 4.74 Å². The van der Waals surface area contributed by atoms with Gasteiger partial charge in [-0.25, -0.2) is 8.78 Å². The Morgan fingerprint density at radius 2 is 1.80 bits per heavy atom. The second-order valence-electron chi connectivity index (χ2n) is 6.74. The molecule has 0 aliphatic carbocycles. The van der Waals surface area contributed by atoms with E-state index in [-0.39, 0.29) is 34.9 Å². The topological polar surface area (TPSA) is 58.2 Å². The van der Waals surface area contributed by atoms with Crippen LogP contribution in [0.15, 0.2) is 36.5 Å². The summed E-state index contributed by atoms with van der Waals surface area (Å²) in [4.78, 5) is 14.7. The molecule has 0 radical (unpaired) electrons. The summed E-state index contributed by atoms with van der Waals surface area (Å²) >= 11 is 0. The van der Waals surface area contributed by atoms with Gasteiger partial charge in [0.2, 0.25) is 0 Å². The Hall–Kier alpha value is -2.54. The molecule has 3 aliphatic rings. The number of carbonyl (C=O) groups is 1. The van der Waals surface area contributed by atoms with E-state index in [1.54, 1.807) is 4.90 Å². The van der Waals surface area contributed by atoms with Gasteiger partial charge in [-0.15, -0.1) is 0 Å². The molecule has 5 rings (SSSR count). The average molecular weight is 343 g/mol. The number of H-pyrrole nitrogens is 1. The SMILES string of the molecule is O=C(c1cn[nH]c1-c1c(F)cccc1F)N1CC2C3C=CC(O3)C2C1. The summed E-state index contributed by atoms with van der Waals surface area (Å²) < 4.78 is 34.0. The molecule has 4 heterocycles. The molecule has 1 aromatic heterocycles. The Morgan fingerprint density at radius 1 is 1.16 bits per heavy atom. The number of hydrogen-bond donors (Lipinski definition) is 1. The van der Waals surface area contributed by atoms with Gasteiger partial charge in [0.05, 0.1) is 35.2 Å². The van der Waals surface area contributed by atoms with Gasteiger partial charge in [-0.2, -0.15) is 5.10 Å². The maximum atomic E-state index is 14.1. The highest BCUT2D eigenvalue weighted by atomic mass is 19.1. The highest BCUT2D eigenvalue weighted by Gasteiger charge is 2.51. The highest BCUT2D eigenvalue weighted by molar-refractivity contribution is 6.00. The van der Waals surface area contributed by atoms with Gasteiger partial charge in [0, 0.05) is 24.9 Å². The van der Waals surface area contributed by atoms with Gasteiger partial charge in [-0.3, -0.25) is 9.89 Å². The molecule has 0 spiro atoms. The number of nitrogens with one attached hydrogen (secondary N) is 1. The van der Waals surface area contributed by atoms with E-state index >= 15 is 0 Å². The van der Waals surface area contributed by atoms with Gasteiger partial charge in [0.25, 0.3) is 5.91 Å². The average Bonchev–Trinajstić information content (AvgIpc) is 3.35. The fourth-order valence-electron chi connectivity index (χ4n) is 4.24. The lowest BCUT2D eigenvalue weighted by atomic mass is 9.86. The number of amides is 1. The molecule has 3 aliphatic heterocycles. The summed E-state index contributed by atoms with van der Waals surface area (Å²) in [6.07, 6.45) is 5.58. The van der Waals surface area contributed by atoms with Crippen molar-refractivity contribution in [3.05, 3.63) is 53.7 Å². The van der Waals surface area contributed by atoms with E-state index in [2.05, 4.69) is 22.3 Å². The molecule has 2 fully saturated rings. The van der Waals surface area contributed by atoms with Gasteiger partial charge >= 0.3 is 0 Å². The van der Waals surface area contributed by atoms with Crippen molar-refractivity contribution in [1.29, 1.82) is 0 Å². The van der Waals surface area contributed by atoms with Gasteiger partial charge in [0.1, 0.15) is 11.6 Å². The quantitative estimate of drug-likeness (QED) is 0.852. The number of likely N-dealkylation sites (tertiary alicyclic amines) is 1. The zero-order chi connectivity index (χ0) is 17.1. The van der Waals surface area contributed by atoms with E-state index in [1.165, 1.54) is 12.3 Å². The lowest BCUT2D eigenvalue weighted by Crippen LogP contribution is -2.31. The van der Waals surface area contributed by atoms with Crippen LogP contribution in [0.5, 0.6) is 0 Å². The van der Waals surface area contributed by atoms with Crippen molar-refractivity contribution < 1.29 is 18.3 Å². The highest BCUT2D eigenvalue weighted by Crippen LogP contribution is 2.44. The van der Waals surface area contributed by atoms with Crippen LogP contribution in [0.1, 0.15) is 10.4 Å². The number of hydrogen-bond acceptors (Lipinski definition) is 3. The summed E-state index contributed by atoms with van der Waals surface area (Å²) in [6.45, 7) is 1.17. The molecule has 128 valence electrons. The number of ether oxygens (including phenoxy) is 1. The van der Waals surface area contributed by atoms with Crippen molar-refractivity contribution in [2.75, 3.05) is 13.1 Å². The molecule has 7 heteroatoms. The van der Waals surface area contributed by atoms with Crippen LogP contribution < -0.4 is 0 Å². The number of aromatic amines is 1. The summed E-state index contributed by atoms with van der Waals surface area (Å²) in [5, 5.41) is 6.42. The van der Waals surface area contributed by atoms with E-state index in [1.807, 2.05) is 0 Å². The molecule has 2 bridgehead atoms. The van der Waals surface area contributed by atoms with Crippen molar-refractivity contribution in [3.63, 3.8) is 0 Å². The Balaban J connectivity index is 1.46. The monoisotopic (exact) mass is 343 g/mol. The predicted octanol–water partition coefficient (Wildman–Crippen LogP) is 2.38. The van der Waals surface area contributed by atoms with E-state index in [9.17, 15) is 13.6 Å². The lowest BCUT2D eigenvalue weighted by Gasteiger charge is -2.19. The Morgan fingerprint density at radius 3 is 2.44 bits per heavy atom. The van der Waals surface area contributed by atoms with Crippen LogP contribution in [0.25, 0.3) is 11.3 Å². The first-order chi connectivity index (χ1) is 12.1. The van der Waals surface area contributed by atoms with Crippen molar-refractivity contribution in [2.24, 2.45) is 11.8 Å². The van der Waals surface area contributed by atoms with E-state index in [4.69, 9.17) is 4.74 Å².